The smallest absolute Gasteiger partial charge is 0.257 e. The molecule has 6 nitrogen and oxygen atoms in total. The highest BCUT2D eigenvalue weighted by Crippen LogP contribution is 2.45. The number of rotatable bonds is 4. The fourth-order valence-electron chi connectivity index (χ4n) is 3.86. The van der Waals surface area contributed by atoms with Crippen molar-refractivity contribution in [2.75, 3.05) is 18.2 Å². The van der Waals surface area contributed by atoms with Crippen LogP contribution in [0.25, 0.3) is 0 Å². The van der Waals surface area contributed by atoms with Crippen molar-refractivity contribution in [2.24, 2.45) is 0 Å². The monoisotopic (exact) mass is 383 g/mol. The lowest BCUT2D eigenvalue weighted by Crippen LogP contribution is -2.32. The summed E-state index contributed by atoms with van der Waals surface area (Å²) in [6, 6.07) is 7.55. The molecule has 1 aromatic carbocycles. The van der Waals surface area contributed by atoms with E-state index >= 15 is 0 Å². The molecule has 1 atom stereocenters. The highest BCUT2D eigenvalue weighted by Gasteiger charge is 2.38. The van der Waals surface area contributed by atoms with Crippen LogP contribution in [0.5, 0.6) is 5.75 Å². The Bertz CT molecular complexity index is 996. The largest absolute Gasteiger partial charge is 0.496 e. The average molecular weight is 383 g/mol. The van der Waals surface area contributed by atoms with Crippen molar-refractivity contribution in [1.29, 1.82) is 0 Å². The van der Waals surface area contributed by atoms with Gasteiger partial charge < -0.3 is 15.0 Å². The second-order valence-electron chi connectivity index (χ2n) is 6.54. The number of carbonyl (C=O) groups excluding carboxylic acids is 1. The van der Waals surface area contributed by atoms with Crippen LogP contribution in [0.2, 0.25) is 0 Å². The highest BCUT2D eigenvalue weighted by molar-refractivity contribution is 7.99. The van der Waals surface area contributed by atoms with Gasteiger partial charge >= 0.3 is 0 Å². The molecule has 4 rings (SSSR count). The van der Waals surface area contributed by atoms with Gasteiger partial charge in [0.2, 0.25) is 0 Å². The number of allylic oxidation sites excluding steroid dienone is 2. The van der Waals surface area contributed by atoms with E-state index in [1.807, 2.05) is 31.2 Å². The number of benzene rings is 1. The molecule has 1 aliphatic heterocycles. The van der Waals surface area contributed by atoms with Crippen LogP contribution in [0, 0.1) is 0 Å². The van der Waals surface area contributed by atoms with E-state index in [1.54, 1.807) is 7.11 Å². The minimum Gasteiger partial charge on any atom is -0.496 e. The predicted molar refractivity (Wildman–Crippen MR) is 106 cm³/mol. The Morgan fingerprint density at radius 1 is 1.26 bits per heavy atom. The van der Waals surface area contributed by atoms with Crippen LogP contribution >= 0.6 is 11.8 Å². The molecule has 0 fully saturated rings. The van der Waals surface area contributed by atoms with Crippen LogP contribution in [-0.4, -0.2) is 28.6 Å². The summed E-state index contributed by atoms with van der Waals surface area (Å²) < 4.78 is 5.54. The van der Waals surface area contributed by atoms with E-state index in [9.17, 15) is 9.59 Å². The third-order valence-corrected chi connectivity index (χ3v) is 5.72. The number of methoxy groups -OCH3 is 1. The van der Waals surface area contributed by atoms with Gasteiger partial charge in [0.15, 0.2) is 10.9 Å². The lowest BCUT2D eigenvalue weighted by Gasteiger charge is -2.33. The number of H-pyrrole nitrogens is 1. The number of para-hydroxylation sites is 1. The van der Waals surface area contributed by atoms with E-state index < -0.39 is 5.92 Å². The molecule has 2 heterocycles. The molecule has 2 N–H and O–H groups in total. The SMILES string of the molecule is CCSc1nc2c(c(=O)[nH]1)[C@@H](c1ccccc1OC)C1=C(CCCC1=O)N2. The van der Waals surface area contributed by atoms with Gasteiger partial charge in [0, 0.05) is 23.3 Å². The minimum atomic E-state index is -0.475. The fourth-order valence-corrected chi connectivity index (χ4v) is 4.46. The van der Waals surface area contributed by atoms with E-state index in [-0.39, 0.29) is 11.3 Å². The van der Waals surface area contributed by atoms with Crippen molar-refractivity contribution < 1.29 is 9.53 Å². The van der Waals surface area contributed by atoms with E-state index in [1.165, 1.54) is 11.8 Å². The molecule has 2 aromatic rings. The first kappa shape index (κ1) is 17.9. The lowest BCUT2D eigenvalue weighted by atomic mass is 9.76. The van der Waals surface area contributed by atoms with Crippen molar-refractivity contribution in [2.45, 2.75) is 37.3 Å². The highest BCUT2D eigenvalue weighted by atomic mass is 32.2. The first-order valence-corrected chi connectivity index (χ1v) is 10.1. The summed E-state index contributed by atoms with van der Waals surface area (Å²) in [7, 11) is 1.60. The second kappa shape index (κ2) is 7.23. The van der Waals surface area contributed by atoms with E-state index in [2.05, 4.69) is 15.3 Å². The van der Waals surface area contributed by atoms with Crippen LogP contribution in [0.3, 0.4) is 0 Å². The van der Waals surface area contributed by atoms with Crippen LogP contribution < -0.4 is 15.6 Å². The Labute approximate surface area is 161 Å². The van der Waals surface area contributed by atoms with Gasteiger partial charge in [-0.15, -0.1) is 0 Å². The number of nitrogens with one attached hydrogen (secondary N) is 2. The molecule has 0 unspecified atom stereocenters. The summed E-state index contributed by atoms with van der Waals surface area (Å²) in [5.41, 5.74) is 2.62. The Hall–Kier alpha value is -2.54. The van der Waals surface area contributed by atoms with Gasteiger partial charge in [0.25, 0.3) is 5.56 Å². The van der Waals surface area contributed by atoms with Crippen LogP contribution in [0.15, 0.2) is 45.5 Å². The molecule has 1 aliphatic carbocycles. The van der Waals surface area contributed by atoms with E-state index in [0.29, 0.717) is 34.3 Å². The summed E-state index contributed by atoms with van der Waals surface area (Å²) in [5, 5.41) is 3.86. The minimum absolute atomic E-state index is 0.0803. The van der Waals surface area contributed by atoms with Crippen molar-refractivity contribution in [3.8, 4) is 5.75 Å². The summed E-state index contributed by atoms with van der Waals surface area (Å²) in [5.74, 6) is 1.62. The number of thioether (sulfide) groups is 1. The first-order chi connectivity index (χ1) is 13.1. The molecule has 7 heteroatoms. The summed E-state index contributed by atoms with van der Waals surface area (Å²) in [4.78, 5) is 33.3. The Morgan fingerprint density at radius 2 is 2.07 bits per heavy atom. The van der Waals surface area contributed by atoms with Gasteiger partial charge in [-0.05, 0) is 24.7 Å². The molecule has 0 bridgehead atoms. The van der Waals surface area contributed by atoms with E-state index in [4.69, 9.17) is 4.74 Å². The van der Waals surface area contributed by atoms with Gasteiger partial charge in [-0.2, -0.15) is 0 Å². The number of carbonyl (C=O) groups is 1. The molecular formula is C20H21N3O3S. The zero-order valence-corrected chi connectivity index (χ0v) is 16.1. The van der Waals surface area contributed by atoms with Crippen LogP contribution in [0.1, 0.15) is 43.2 Å². The van der Waals surface area contributed by atoms with Crippen molar-refractivity contribution in [3.05, 3.63) is 57.0 Å². The molecule has 0 amide bonds. The number of fused-ring (bicyclic) bond motifs is 1. The van der Waals surface area contributed by atoms with Crippen molar-refractivity contribution >= 4 is 23.4 Å². The molecule has 0 radical (unpaired) electrons. The normalized spacial score (nSPS) is 18.6. The molecular weight excluding hydrogens is 362 g/mol. The number of aromatic nitrogens is 2. The number of ether oxygens (including phenoxy) is 1. The van der Waals surface area contributed by atoms with Crippen LogP contribution in [-0.2, 0) is 4.79 Å². The lowest BCUT2D eigenvalue weighted by molar-refractivity contribution is -0.116. The topological polar surface area (TPSA) is 84.1 Å². The van der Waals surface area contributed by atoms with E-state index in [0.717, 1.165) is 29.9 Å². The Kier molecular flexibility index (Phi) is 4.78. The number of Topliss-reactive ketones (excluding diaryl/α,β-unsaturated/α-hetero) is 1. The molecule has 0 saturated heterocycles. The quantitative estimate of drug-likeness (QED) is 0.621. The zero-order valence-electron chi connectivity index (χ0n) is 15.3. The number of hydrogen-bond acceptors (Lipinski definition) is 6. The van der Waals surface area contributed by atoms with Crippen LogP contribution in [0.4, 0.5) is 5.82 Å². The summed E-state index contributed by atoms with van der Waals surface area (Å²) in [6.45, 7) is 2.01. The Morgan fingerprint density at radius 3 is 2.85 bits per heavy atom. The van der Waals surface area contributed by atoms with Gasteiger partial charge in [0.05, 0.1) is 18.6 Å². The second-order valence-corrected chi connectivity index (χ2v) is 7.79. The standard InChI is InChI=1S/C20H21N3O3S/c1-3-27-20-22-18-17(19(25)23-20)15(11-7-4-5-10-14(11)26-2)16-12(21-18)8-6-9-13(16)24/h4-5,7,10,15H,3,6,8-9H2,1-2H3,(H2,21,22,23,25)/t15-/m0/s1. The van der Waals surface area contributed by atoms with Gasteiger partial charge in [-0.3, -0.25) is 9.59 Å². The van der Waals surface area contributed by atoms with Gasteiger partial charge in [-0.25, -0.2) is 4.98 Å². The fraction of sp³-hybridized carbons (Fsp3) is 0.350. The molecule has 2 aliphatic rings. The number of nitrogens with zero attached hydrogens (tertiary/aromatic N) is 1. The van der Waals surface area contributed by atoms with Crippen molar-refractivity contribution in [3.63, 3.8) is 0 Å². The number of anilines is 1. The number of aromatic amines is 1. The third-order valence-electron chi connectivity index (χ3n) is 4.97. The molecule has 140 valence electrons. The maximum Gasteiger partial charge on any atom is 0.257 e. The molecule has 1 aromatic heterocycles. The molecule has 0 spiro atoms. The molecule has 0 saturated carbocycles. The van der Waals surface area contributed by atoms with Gasteiger partial charge in [0.1, 0.15) is 11.6 Å². The number of hydrogen-bond donors (Lipinski definition) is 2. The van der Waals surface area contributed by atoms with Gasteiger partial charge in [-0.1, -0.05) is 36.9 Å². The first-order valence-electron chi connectivity index (χ1n) is 9.07. The van der Waals surface area contributed by atoms with Crippen molar-refractivity contribution in [1.82, 2.24) is 9.97 Å². The molecule has 27 heavy (non-hydrogen) atoms. The average Bonchev–Trinajstić information content (AvgIpc) is 2.67. The summed E-state index contributed by atoms with van der Waals surface area (Å²) in [6.07, 6.45) is 2.08. The zero-order chi connectivity index (χ0) is 19.0. The predicted octanol–water partition coefficient (Wildman–Crippen LogP) is 3.46. The maximum atomic E-state index is 13.0. The Balaban J connectivity index is 1.98. The maximum absolute atomic E-state index is 13.0. The number of ketones is 1. The summed E-state index contributed by atoms with van der Waals surface area (Å²) >= 11 is 1.48. The third kappa shape index (κ3) is 3.06.